The van der Waals surface area contributed by atoms with E-state index >= 15 is 0 Å². The molecule has 0 bridgehead atoms. The number of nitrogens with zero attached hydrogens (tertiary/aromatic N) is 4. The van der Waals surface area contributed by atoms with Gasteiger partial charge in [0.25, 0.3) is 11.8 Å². The highest BCUT2D eigenvalue weighted by Gasteiger charge is 2.36. The molecule has 2 aromatic carbocycles. The van der Waals surface area contributed by atoms with Gasteiger partial charge in [-0.2, -0.15) is 0 Å². The summed E-state index contributed by atoms with van der Waals surface area (Å²) in [6.45, 7) is 6.10. The summed E-state index contributed by atoms with van der Waals surface area (Å²) < 4.78 is 23.3. The Morgan fingerprint density at radius 2 is 1.14 bits per heavy atom. The quantitative estimate of drug-likeness (QED) is 0.271. The summed E-state index contributed by atoms with van der Waals surface area (Å²) in [6, 6.07) is 6.95. The number of hydrogen-bond acceptors (Lipinski definition) is 8. The molecule has 0 saturated carbocycles. The molecule has 44 heavy (non-hydrogen) atoms. The minimum absolute atomic E-state index is 0.0363. The van der Waals surface area contributed by atoms with Crippen LogP contribution in [0.2, 0.25) is 0 Å². The van der Waals surface area contributed by atoms with Gasteiger partial charge in [-0.05, 0) is 51.7 Å². The van der Waals surface area contributed by atoms with Gasteiger partial charge in [-0.3, -0.25) is 19.6 Å². The van der Waals surface area contributed by atoms with Gasteiger partial charge in [0, 0.05) is 37.7 Å². The second-order valence-electron chi connectivity index (χ2n) is 11.3. The first-order chi connectivity index (χ1) is 21.4. The zero-order chi connectivity index (χ0) is 30.8. The van der Waals surface area contributed by atoms with E-state index < -0.39 is 0 Å². The number of benzene rings is 2. The molecule has 2 unspecified atom stereocenters. The number of allylic oxidation sites excluding steroid dienone is 2. The van der Waals surface area contributed by atoms with Gasteiger partial charge in [0.05, 0.1) is 62.0 Å². The Kier molecular flexibility index (Phi) is 8.41. The highest BCUT2D eigenvalue weighted by Crippen LogP contribution is 2.40. The van der Waals surface area contributed by atoms with Crippen molar-refractivity contribution >= 4 is 35.6 Å². The zero-order valence-corrected chi connectivity index (χ0v) is 25.7. The molecule has 6 rings (SSSR count). The third-order valence-corrected chi connectivity index (χ3v) is 8.68. The van der Waals surface area contributed by atoms with Gasteiger partial charge >= 0.3 is 0 Å². The zero-order valence-electron chi connectivity index (χ0n) is 25.7. The summed E-state index contributed by atoms with van der Waals surface area (Å²) in [5.74, 6) is 2.00. The van der Waals surface area contributed by atoms with Crippen molar-refractivity contribution in [2.24, 2.45) is 9.98 Å². The topological polar surface area (TPSA) is 102 Å². The number of amides is 2. The first kappa shape index (κ1) is 29.5. The molecule has 4 heterocycles. The van der Waals surface area contributed by atoms with Crippen molar-refractivity contribution < 1.29 is 28.5 Å². The number of aliphatic imine (C=N–C) groups is 2. The summed E-state index contributed by atoms with van der Waals surface area (Å²) in [5, 5.41) is 0. The predicted molar refractivity (Wildman–Crippen MR) is 169 cm³/mol. The van der Waals surface area contributed by atoms with Crippen molar-refractivity contribution in [3.8, 4) is 23.0 Å². The summed E-state index contributed by atoms with van der Waals surface area (Å²) in [5.41, 5.74) is 4.68. The Hall–Kier alpha value is -4.60. The van der Waals surface area contributed by atoms with Crippen molar-refractivity contribution in [1.82, 2.24) is 9.80 Å². The molecule has 0 N–H and O–H groups in total. The van der Waals surface area contributed by atoms with Crippen LogP contribution < -0.4 is 18.9 Å². The Bertz CT molecular complexity index is 1470. The van der Waals surface area contributed by atoms with Crippen LogP contribution >= 0.6 is 0 Å². The first-order valence-electron chi connectivity index (χ1n) is 15.1. The van der Waals surface area contributed by atoms with E-state index in [1.807, 2.05) is 36.1 Å². The average molecular weight is 599 g/mol. The number of carbonyl (C=O) groups is 2. The molecule has 0 aromatic heterocycles. The fraction of sp³-hybridized carbons (Fsp3) is 0.412. The van der Waals surface area contributed by atoms with E-state index in [1.165, 1.54) is 11.1 Å². The highest BCUT2D eigenvalue weighted by molar-refractivity contribution is 6.04. The fourth-order valence-electron chi connectivity index (χ4n) is 6.10. The predicted octanol–water partition coefficient (Wildman–Crippen LogP) is 5.70. The van der Waals surface area contributed by atoms with Gasteiger partial charge in [-0.1, -0.05) is 23.3 Å². The summed E-state index contributed by atoms with van der Waals surface area (Å²) >= 11 is 0. The van der Waals surface area contributed by atoms with Crippen molar-refractivity contribution in [3.05, 3.63) is 58.7 Å². The maximum Gasteiger partial charge on any atom is 0.257 e. The fourth-order valence-corrected chi connectivity index (χ4v) is 6.10. The first-order valence-corrected chi connectivity index (χ1v) is 15.1. The summed E-state index contributed by atoms with van der Waals surface area (Å²) in [6.07, 6.45) is 10.9. The summed E-state index contributed by atoms with van der Waals surface area (Å²) in [7, 11) is 3.14. The lowest BCUT2D eigenvalue weighted by atomic mass is 10.1. The molecule has 4 aliphatic rings. The Labute approximate surface area is 257 Å². The minimum atomic E-state index is -0.0483. The largest absolute Gasteiger partial charge is 0.493 e. The number of ether oxygens (including phenoxy) is 4. The van der Waals surface area contributed by atoms with Crippen LogP contribution in [0.25, 0.3) is 0 Å². The van der Waals surface area contributed by atoms with Crippen LogP contribution in [0.5, 0.6) is 23.0 Å². The van der Waals surface area contributed by atoms with E-state index in [2.05, 4.69) is 22.1 Å². The molecule has 230 valence electrons. The van der Waals surface area contributed by atoms with Crippen LogP contribution in [0.1, 0.15) is 60.2 Å². The van der Waals surface area contributed by atoms with E-state index in [0.29, 0.717) is 71.8 Å². The summed E-state index contributed by atoms with van der Waals surface area (Å²) in [4.78, 5) is 39.6. The molecule has 10 heteroatoms. The Morgan fingerprint density at radius 3 is 1.52 bits per heavy atom. The lowest BCUT2D eigenvalue weighted by molar-refractivity contribution is 0.0769. The van der Waals surface area contributed by atoms with Crippen LogP contribution in [-0.4, -0.2) is 86.6 Å². The van der Waals surface area contributed by atoms with E-state index in [4.69, 9.17) is 18.9 Å². The molecule has 2 amide bonds. The molecule has 2 aromatic rings. The number of hydrogen-bond donors (Lipinski definition) is 0. The van der Waals surface area contributed by atoms with Crippen LogP contribution in [0, 0.1) is 0 Å². The van der Waals surface area contributed by atoms with Gasteiger partial charge in [-0.15, -0.1) is 0 Å². The molecule has 4 aliphatic heterocycles. The van der Waals surface area contributed by atoms with E-state index in [9.17, 15) is 9.59 Å². The highest BCUT2D eigenvalue weighted by atomic mass is 16.5. The molecule has 2 fully saturated rings. The van der Waals surface area contributed by atoms with Crippen LogP contribution in [-0.2, 0) is 0 Å². The lowest BCUT2D eigenvalue weighted by Gasteiger charge is -2.20. The van der Waals surface area contributed by atoms with Gasteiger partial charge in [0.2, 0.25) is 0 Å². The van der Waals surface area contributed by atoms with Crippen molar-refractivity contribution in [1.29, 1.82) is 0 Å². The maximum absolute atomic E-state index is 13.3. The third-order valence-electron chi connectivity index (χ3n) is 8.68. The molecule has 2 atom stereocenters. The maximum atomic E-state index is 13.3. The Morgan fingerprint density at radius 1 is 0.705 bits per heavy atom. The SMILES string of the molecule is C/C=C1\CC2C=Nc3cc(OCCCCOc4cc5c(cc4OC)C(=O)N4C/C(=C/C)CC4C=N5)c(OC)cc3C(=O)N2C1. The number of carbonyl (C=O) groups excluding carboxylic acids is 2. The van der Waals surface area contributed by atoms with Gasteiger partial charge in [-0.25, -0.2) is 0 Å². The molecular formula is C34H38N4O6. The third kappa shape index (κ3) is 5.56. The second-order valence-corrected chi connectivity index (χ2v) is 11.3. The normalized spacial score (nSPS) is 22.0. The lowest BCUT2D eigenvalue weighted by Crippen LogP contribution is -2.35. The molecule has 2 saturated heterocycles. The van der Waals surface area contributed by atoms with Crippen molar-refractivity contribution in [2.75, 3.05) is 40.5 Å². The molecular weight excluding hydrogens is 560 g/mol. The smallest absolute Gasteiger partial charge is 0.257 e. The second kappa shape index (κ2) is 12.6. The molecule has 0 aliphatic carbocycles. The number of fused-ring (bicyclic) bond motifs is 4. The van der Waals surface area contributed by atoms with Gasteiger partial charge < -0.3 is 28.7 Å². The van der Waals surface area contributed by atoms with E-state index in [-0.39, 0.29) is 23.9 Å². The standard InChI is InChI=1S/C34H38N4O6/c1-5-21-11-23-17-35-27-15-31(29(41-3)13-25(27)33(39)37(23)19-21)43-9-7-8-10-44-32-16-28-26(14-30(32)42-4)34(40)38-20-22(6-2)12-24(38)18-36-28/h5-6,13-18,23-24H,7-12,19-20H2,1-4H3/b21-5+,22-6+. The molecule has 0 radical (unpaired) electrons. The Balaban J connectivity index is 1.06. The van der Waals surface area contributed by atoms with E-state index in [0.717, 1.165) is 25.7 Å². The molecule has 0 spiro atoms. The van der Waals surface area contributed by atoms with Crippen molar-refractivity contribution in [3.63, 3.8) is 0 Å². The van der Waals surface area contributed by atoms with Crippen LogP contribution in [0.3, 0.4) is 0 Å². The molecule has 10 nitrogen and oxygen atoms in total. The van der Waals surface area contributed by atoms with Gasteiger partial charge in [0.15, 0.2) is 23.0 Å². The van der Waals surface area contributed by atoms with Crippen LogP contribution in [0.4, 0.5) is 11.4 Å². The minimum Gasteiger partial charge on any atom is -0.493 e. The average Bonchev–Trinajstić information content (AvgIpc) is 3.61. The van der Waals surface area contributed by atoms with Crippen molar-refractivity contribution in [2.45, 2.75) is 51.6 Å². The number of methoxy groups -OCH3 is 2. The monoisotopic (exact) mass is 598 g/mol. The number of rotatable bonds is 9. The van der Waals surface area contributed by atoms with Gasteiger partial charge in [0.1, 0.15) is 0 Å². The number of unbranched alkanes of at least 4 members (excludes halogenated alkanes) is 1. The van der Waals surface area contributed by atoms with E-state index in [1.54, 1.807) is 38.5 Å². The van der Waals surface area contributed by atoms with Crippen LogP contribution in [0.15, 0.2) is 57.5 Å².